The Hall–Kier alpha value is -2.82. The molecule has 5 heteroatoms. The van der Waals surface area contributed by atoms with Crippen LogP contribution in [0, 0.1) is 19.8 Å². The number of ether oxygens (including phenoxy) is 2. The zero-order chi connectivity index (χ0) is 20.3. The van der Waals surface area contributed by atoms with Gasteiger partial charge in [0.1, 0.15) is 0 Å². The molecule has 0 saturated carbocycles. The van der Waals surface area contributed by atoms with E-state index in [1.807, 2.05) is 32.0 Å². The summed E-state index contributed by atoms with van der Waals surface area (Å²) < 4.78 is 10.6. The van der Waals surface area contributed by atoms with Crippen molar-refractivity contribution in [2.45, 2.75) is 33.1 Å². The Morgan fingerprint density at radius 3 is 2.25 bits per heavy atom. The van der Waals surface area contributed by atoms with E-state index in [-0.39, 0.29) is 24.2 Å². The summed E-state index contributed by atoms with van der Waals surface area (Å²) in [5, 5.41) is 0. The Bertz CT molecular complexity index is 870. The van der Waals surface area contributed by atoms with Gasteiger partial charge in [-0.25, -0.2) is 0 Å². The van der Waals surface area contributed by atoms with Gasteiger partial charge in [0.05, 0.1) is 20.1 Å². The molecule has 2 aromatic rings. The van der Waals surface area contributed by atoms with Gasteiger partial charge in [0.15, 0.2) is 11.5 Å². The maximum Gasteiger partial charge on any atom is 0.233 e. The summed E-state index contributed by atoms with van der Waals surface area (Å²) in [6.45, 7) is 4.48. The predicted molar refractivity (Wildman–Crippen MR) is 108 cm³/mol. The number of amides is 2. The molecule has 0 aliphatic carbocycles. The monoisotopic (exact) mass is 381 g/mol. The molecule has 0 aromatic heterocycles. The van der Waals surface area contributed by atoms with Crippen molar-refractivity contribution in [3.63, 3.8) is 0 Å². The smallest absolute Gasteiger partial charge is 0.233 e. The van der Waals surface area contributed by atoms with Crippen LogP contribution in [0.1, 0.15) is 28.7 Å². The molecular weight excluding hydrogens is 354 g/mol. The van der Waals surface area contributed by atoms with E-state index in [2.05, 4.69) is 18.2 Å². The quantitative estimate of drug-likeness (QED) is 0.689. The zero-order valence-electron chi connectivity index (χ0n) is 17.0. The fourth-order valence-electron chi connectivity index (χ4n) is 3.89. The van der Waals surface area contributed by atoms with Gasteiger partial charge < -0.3 is 9.47 Å². The third-order valence-corrected chi connectivity index (χ3v) is 5.17. The number of likely N-dealkylation sites (tertiary alicyclic amines) is 1. The number of aryl methyl sites for hydroxylation is 2. The van der Waals surface area contributed by atoms with Crippen molar-refractivity contribution < 1.29 is 19.1 Å². The fourth-order valence-corrected chi connectivity index (χ4v) is 3.89. The molecule has 5 nitrogen and oxygen atoms in total. The Morgan fingerprint density at radius 1 is 0.929 bits per heavy atom. The number of benzene rings is 2. The first kappa shape index (κ1) is 19.9. The lowest BCUT2D eigenvalue weighted by Gasteiger charge is -2.16. The molecule has 0 radical (unpaired) electrons. The summed E-state index contributed by atoms with van der Waals surface area (Å²) in [5.41, 5.74) is 4.47. The summed E-state index contributed by atoms with van der Waals surface area (Å²) in [6, 6.07) is 12.0. The lowest BCUT2D eigenvalue weighted by molar-refractivity contribution is -0.139. The summed E-state index contributed by atoms with van der Waals surface area (Å²) in [7, 11) is 3.18. The molecule has 0 N–H and O–H groups in total. The summed E-state index contributed by atoms with van der Waals surface area (Å²) >= 11 is 0. The molecular formula is C23H27NO4. The number of carbonyl (C=O) groups is 2. The number of methoxy groups -OCH3 is 2. The number of nitrogens with zero attached hydrogens (tertiary/aromatic N) is 1. The Kier molecular flexibility index (Phi) is 6.02. The first-order valence-electron chi connectivity index (χ1n) is 9.53. The van der Waals surface area contributed by atoms with Gasteiger partial charge in [-0.15, -0.1) is 0 Å². The van der Waals surface area contributed by atoms with E-state index in [0.29, 0.717) is 30.9 Å². The first-order valence-corrected chi connectivity index (χ1v) is 9.53. The fraction of sp³-hybridized carbons (Fsp3) is 0.391. The van der Waals surface area contributed by atoms with Gasteiger partial charge in [0.2, 0.25) is 11.8 Å². The highest BCUT2D eigenvalue weighted by molar-refractivity contribution is 6.03. The van der Waals surface area contributed by atoms with E-state index in [1.165, 1.54) is 16.0 Å². The van der Waals surface area contributed by atoms with Gasteiger partial charge in [-0.05, 0) is 49.9 Å². The van der Waals surface area contributed by atoms with E-state index in [4.69, 9.17) is 9.47 Å². The molecule has 28 heavy (non-hydrogen) atoms. The first-order chi connectivity index (χ1) is 13.4. The van der Waals surface area contributed by atoms with Crippen LogP contribution in [0.3, 0.4) is 0 Å². The molecule has 1 atom stereocenters. The maximum absolute atomic E-state index is 12.8. The van der Waals surface area contributed by atoms with Crippen molar-refractivity contribution in [3.8, 4) is 11.5 Å². The van der Waals surface area contributed by atoms with Crippen molar-refractivity contribution in [2.75, 3.05) is 20.8 Å². The average Bonchev–Trinajstić information content (AvgIpc) is 2.92. The van der Waals surface area contributed by atoms with Crippen molar-refractivity contribution >= 4 is 11.8 Å². The average molecular weight is 381 g/mol. The zero-order valence-corrected chi connectivity index (χ0v) is 17.0. The van der Waals surface area contributed by atoms with E-state index >= 15 is 0 Å². The third kappa shape index (κ3) is 4.35. The second-order valence-electron chi connectivity index (χ2n) is 7.42. The lowest BCUT2D eigenvalue weighted by Crippen LogP contribution is -2.33. The number of rotatable bonds is 7. The van der Waals surface area contributed by atoms with Gasteiger partial charge in [0, 0.05) is 13.0 Å². The second kappa shape index (κ2) is 8.46. The minimum Gasteiger partial charge on any atom is -0.493 e. The number of hydrogen-bond donors (Lipinski definition) is 0. The standard InChI is InChI=1S/C23H27NO4/c1-15-9-16(2)11-18(10-15)12-19-14-22(25)24(23(19)26)8-7-17-5-6-20(27-3)21(13-17)28-4/h5-6,9-11,13,19H,7-8,12,14H2,1-4H3/t19-/m1/s1. The molecule has 1 fully saturated rings. The van der Waals surface area contributed by atoms with Crippen LogP contribution >= 0.6 is 0 Å². The summed E-state index contributed by atoms with van der Waals surface area (Å²) in [5.74, 6) is 0.892. The van der Waals surface area contributed by atoms with Gasteiger partial charge in [-0.1, -0.05) is 35.4 Å². The van der Waals surface area contributed by atoms with Crippen molar-refractivity contribution in [1.82, 2.24) is 4.90 Å². The largest absolute Gasteiger partial charge is 0.493 e. The topological polar surface area (TPSA) is 55.8 Å². The second-order valence-corrected chi connectivity index (χ2v) is 7.42. The van der Waals surface area contributed by atoms with E-state index in [0.717, 1.165) is 11.1 Å². The van der Waals surface area contributed by atoms with Crippen LogP contribution in [0.4, 0.5) is 0 Å². The number of hydrogen-bond acceptors (Lipinski definition) is 4. The van der Waals surface area contributed by atoms with E-state index < -0.39 is 0 Å². The molecule has 1 saturated heterocycles. The van der Waals surface area contributed by atoms with E-state index in [1.54, 1.807) is 14.2 Å². The highest BCUT2D eigenvalue weighted by Crippen LogP contribution is 2.29. The van der Waals surface area contributed by atoms with Crippen LogP contribution < -0.4 is 9.47 Å². The summed E-state index contributed by atoms with van der Waals surface area (Å²) in [4.78, 5) is 26.6. The van der Waals surface area contributed by atoms with Crippen molar-refractivity contribution in [2.24, 2.45) is 5.92 Å². The Balaban J connectivity index is 1.65. The van der Waals surface area contributed by atoms with Crippen LogP contribution in [0.25, 0.3) is 0 Å². The highest BCUT2D eigenvalue weighted by Gasteiger charge is 2.38. The number of imide groups is 1. The molecule has 0 unspecified atom stereocenters. The lowest BCUT2D eigenvalue weighted by atomic mass is 9.95. The molecule has 2 amide bonds. The van der Waals surface area contributed by atoms with Crippen LogP contribution in [-0.2, 0) is 22.4 Å². The SMILES string of the molecule is COc1ccc(CCN2C(=O)C[C@@H](Cc3cc(C)cc(C)c3)C2=O)cc1OC. The summed E-state index contributed by atoms with van der Waals surface area (Å²) in [6.07, 6.45) is 1.49. The maximum atomic E-state index is 12.8. The molecule has 0 bridgehead atoms. The van der Waals surface area contributed by atoms with Gasteiger partial charge in [-0.2, -0.15) is 0 Å². The minimum atomic E-state index is -0.265. The number of carbonyl (C=O) groups excluding carboxylic acids is 2. The minimum absolute atomic E-state index is 0.0652. The van der Waals surface area contributed by atoms with Crippen LogP contribution in [0.15, 0.2) is 36.4 Å². The Morgan fingerprint density at radius 2 is 1.61 bits per heavy atom. The molecule has 1 heterocycles. The van der Waals surface area contributed by atoms with E-state index in [9.17, 15) is 9.59 Å². The third-order valence-electron chi connectivity index (χ3n) is 5.17. The normalized spacial score (nSPS) is 16.6. The predicted octanol–water partition coefficient (Wildman–Crippen LogP) is 3.48. The highest BCUT2D eigenvalue weighted by atomic mass is 16.5. The van der Waals surface area contributed by atoms with Crippen LogP contribution in [0.2, 0.25) is 0 Å². The van der Waals surface area contributed by atoms with Crippen molar-refractivity contribution in [3.05, 3.63) is 58.7 Å². The molecule has 3 rings (SSSR count). The van der Waals surface area contributed by atoms with Crippen LogP contribution in [-0.4, -0.2) is 37.5 Å². The van der Waals surface area contributed by atoms with Crippen molar-refractivity contribution in [1.29, 1.82) is 0 Å². The van der Waals surface area contributed by atoms with Gasteiger partial charge in [-0.3, -0.25) is 14.5 Å². The molecule has 148 valence electrons. The molecule has 1 aliphatic heterocycles. The molecule has 0 spiro atoms. The molecule has 1 aliphatic rings. The van der Waals surface area contributed by atoms with Crippen LogP contribution in [0.5, 0.6) is 11.5 Å². The Labute approximate surface area is 166 Å². The van der Waals surface area contributed by atoms with Gasteiger partial charge in [0.25, 0.3) is 0 Å². The molecule has 2 aromatic carbocycles. The van der Waals surface area contributed by atoms with Gasteiger partial charge >= 0.3 is 0 Å².